The Labute approximate surface area is 284 Å². The predicted molar refractivity (Wildman–Crippen MR) is 204 cm³/mol. The number of allylic oxidation sites excluding steroid dienone is 2. The Balaban J connectivity index is 1.11. The van der Waals surface area contributed by atoms with Gasteiger partial charge in [-0.1, -0.05) is 123 Å². The van der Waals surface area contributed by atoms with Gasteiger partial charge < -0.3 is 9.80 Å². The zero-order chi connectivity index (χ0) is 32.6. The molecule has 0 aromatic heterocycles. The van der Waals surface area contributed by atoms with E-state index < -0.39 is 0 Å². The van der Waals surface area contributed by atoms with Crippen molar-refractivity contribution >= 4 is 39.1 Å². The fourth-order valence-electron chi connectivity index (χ4n) is 8.87. The molecule has 2 unspecified atom stereocenters. The first-order valence-corrected chi connectivity index (χ1v) is 17.3. The van der Waals surface area contributed by atoms with Crippen LogP contribution in [-0.4, -0.2) is 12.1 Å². The number of hydrogen-bond donors (Lipinski definition) is 0. The summed E-state index contributed by atoms with van der Waals surface area (Å²) in [6, 6.07) is 49.3. The Morgan fingerprint density at radius 3 is 2.15 bits per heavy atom. The van der Waals surface area contributed by atoms with Crippen LogP contribution < -0.4 is 9.80 Å². The molecular weight excluding hydrogens is 581 g/mol. The zero-order valence-electron chi connectivity index (χ0n) is 28.1. The maximum atomic E-state index is 2.58. The first kappa shape index (κ1) is 28.8. The fourth-order valence-corrected chi connectivity index (χ4v) is 8.87. The van der Waals surface area contributed by atoms with Gasteiger partial charge in [-0.05, 0) is 106 Å². The van der Waals surface area contributed by atoms with E-state index in [1.54, 1.807) is 0 Å². The minimum atomic E-state index is -0.0875. The van der Waals surface area contributed by atoms with Gasteiger partial charge in [-0.15, -0.1) is 0 Å². The van der Waals surface area contributed by atoms with Gasteiger partial charge >= 0.3 is 0 Å². The smallest absolute Gasteiger partial charge is 0.0664 e. The van der Waals surface area contributed by atoms with Gasteiger partial charge in [0.15, 0.2) is 0 Å². The highest BCUT2D eigenvalue weighted by Gasteiger charge is 2.47. The van der Waals surface area contributed by atoms with Crippen LogP contribution in [0.1, 0.15) is 55.9 Å². The van der Waals surface area contributed by atoms with Crippen LogP contribution >= 0.6 is 0 Å². The number of anilines is 4. The van der Waals surface area contributed by atoms with Gasteiger partial charge in [0.05, 0.1) is 5.54 Å². The topological polar surface area (TPSA) is 6.48 Å². The molecule has 9 rings (SSSR count). The van der Waals surface area contributed by atoms with Crippen LogP contribution in [0.2, 0.25) is 0 Å². The van der Waals surface area contributed by atoms with E-state index in [1.807, 2.05) is 0 Å². The van der Waals surface area contributed by atoms with Crippen LogP contribution in [0.15, 0.2) is 152 Å². The van der Waals surface area contributed by atoms with Crippen molar-refractivity contribution in [3.63, 3.8) is 0 Å². The van der Waals surface area contributed by atoms with Gasteiger partial charge in [0.25, 0.3) is 0 Å². The van der Waals surface area contributed by atoms with Gasteiger partial charge in [0.2, 0.25) is 0 Å². The van der Waals surface area contributed by atoms with E-state index in [1.165, 1.54) is 61.1 Å². The fraction of sp³-hybridized carbons (Fsp3) is 0.174. The summed E-state index contributed by atoms with van der Waals surface area (Å²) in [6.45, 7) is 10.4. The second-order valence-corrected chi connectivity index (χ2v) is 14.2. The summed E-state index contributed by atoms with van der Waals surface area (Å²) < 4.78 is 0. The molecule has 234 valence electrons. The summed E-state index contributed by atoms with van der Waals surface area (Å²) >= 11 is 0. The molecule has 6 aromatic carbocycles. The molecule has 2 nitrogen and oxygen atoms in total. The van der Waals surface area contributed by atoms with Gasteiger partial charge in [-0.2, -0.15) is 0 Å². The molecule has 1 heterocycles. The van der Waals surface area contributed by atoms with Crippen molar-refractivity contribution in [1.29, 1.82) is 0 Å². The van der Waals surface area contributed by atoms with Crippen LogP contribution in [0, 0.1) is 0 Å². The maximum absolute atomic E-state index is 2.58. The van der Waals surface area contributed by atoms with Crippen LogP contribution in [0.4, 0.5) is 22.7 Å². The standard InChI is InChI=1S/C46H40N2/c1-5-47-43-26-21-32-13-9-10-16-37(32)44(43)42-29-33(27-28-46(42,47)4)31-19-22-35(23-20-31)48(34-14-7-6-8-15-34)36-24-25-39-38-17-11-12-18-40(38)45(2,3)41(39)30-36/h6-30,42H,5H2,1-4H3. The van der Waals surface area contributed by atoms with Crippen molar-refractivity contribution in [2.24, 2.45) is 0 Å². The quantitative estimate of drug-likeness (QED) is 0.189. The summed E-state index contributed by atoms with van der Waals surface area (Å²) in [7, 11) is 0. The summed E-state index contributed by atoms with van der Waals surface area (Å²) in [6.07, 6.45) is 7.31. The van der Waals surface area contributed by atoms with E-state index in [2.05, 4.69) is 189 Å². The SMILES string of the molecule is CCN1c2ccc3ccccc3c2C2C=C(c3ccc(N(c4ccccc4)c4ccc5c(c4)C(C)(C)c4ccccc4-5)cc3)C=CC21C. The average molecular weight is 621 g/mol. The molecule has 0 spiro atoms. The lowest BCUT2D eigenvalue weighted by Crippen LogP contribution is -2.45. The molecule has 2 heteroatoms. The third-order valence-electron chi connectivity index (χ3n) is 11.3. The highest BCUT2D eigenvalue weighted by atomic mass is 15.2. The molecule has 0 radical (unpaired) electrons. The van der Waals surface area contributed by atoms with Crippen molar-refractivity contribution in [3.8, 4) is 11.1 Å². The van der Waals surface area contributed by atoms with E-state index in [-0.39, 0.29) is 16.9 Å². The number of nitrogens with zero attached hydrogens (tertiary/aromatic N) is 2. The molecule has 48 heavy (non-hydrogen) atoms. The van der Waals surface area contributed by atoms with Crippen LogP contribution in [0.25, 0.3) is 27.5 Å². The Bertz CT molecular complexity index is 2270. The number of hydrogen-bond acceptors (Lipinski definition) is 2. The van der Waals surface area contributed by atoms with E-state index in [9.17, 15) is 0 Å². The summed E-state index contributed by atoms with van der Waals surface area (Å²) in [4.78, 5) is 4.98. The lowest BCUT2D eigenvalue weighted by molar-refractivity contribution is 0.508. The lowest BCUT2D eigenvalue weighted by atomic mass is 9.76. The molecule has 0 amide bonds. The normalized spacial score (nSPS) is 19.8. The van der Waals surface area contributed by atoms with Crippen LogP contribution in [0.3, 0.4) is 0 Å². The molecule has 0 saturated heterocycles. The second kappa shape index (κ2) is 10.6. The zero-order valence-corrected chi connectivity index (χ0v) is 28.1. The predicted octanol–water partition coefficient (Wildman–Crippen LogP) is 12.0. The molecule has 6 aromatic rings. The number of fused-ring (bicyclic) bond motifs is 8. The molecular formula is C46H40N2. The first-order valence-electron chi connectivity index (χ1n) is 17.3. The lowest BCUT2D eigenvalue weighted by Gasteiger charge is -2.39. The summed E-state index contributed by atoms with van der Waals surface area (Å²) in [5.41, 5.74) is 14.1. The van der Waals surface area contributed by atoms with Crippen LogP contribution in [-0.2, 0) is 5.41 Å². The Kier molecular flexibility index (Phi) is 6.36. The first-order chi connectivity index (χ1) is 23.4. The van der Waals surface area contributed by atoms with Crippen molar-refractivity contribution in [3.05, 3.63) is 174 Å². The molecule has 3 aliphatic rings. The average Bonchev–Trinajstić information content (AvgIpc) is 3.52. The van der Waals surface area contributed by atoms with E-state index >= 15 is 0 Å². The van der Waals surface area contributed by atoms with Crippen LogP contribution in [0.5, 0.6) is 0 Å². The van der Waals surface area contributed by atoms with E-state index in [4.69, 9.17) is 0 Å². The van der Waals surface area contributed by atoms with E-state index in [0.29, 0.717) is 0 Å². The molecule has 1 aliphatic heterocycles. The van der Waals surface area contributed by atoms with E-state index in [0.717, 1.165) is 17.9 Å². The van der Waals surface area contributed by atoms with Gasteiger partial charge in [-0.3, -0.25) is 0 Å². The Morgan fingerprint density at radius 2 is 1.33 bits per heavy atom. The highest BCUT2D eigenvalue weighted by Crippen LogP contribution is 2.55. The minimum Gasteiger partial charge on any atom is -0.362 e. The van der Waals surface area contributed by atoms with Gasteiger partial charge in [0.1, 0.15) is 0 Å². The molecule has 0 fully saturated rings. The van der Waals surface area contributed by atoms with Gasteiger partial charge in [-0.25, -0.2) is 0 Å². The Morgan fingerprint density at radius 1 is 0.646 bits per heavy atom. The number of para-hydroxylation sites is 1. The molecule has 2 atom stereocenters. The summed E-state index contributed by atoms with van der Waals surface area (Å²) in [5, 5.41) is 2.67. The number of rotatable bonds is 5. The minimum absolute atomic E-state index is 0.0556. The molecule has 0 saturated carbocycles. The number of benzene rings is 6. The van der Waals surface area contributed by atoms with Crippen molar-refractivity contribution in [2.45, 2.75) is 44.6 Å². The third-order valence-corrected chi connectivity index (χ3v) is 11.3. The Hall–Kier alpha value is -5.34. The third kappa shape index (κ3) is 4.12. The van der Waals surface area contributed by atoms with Gasteiger partial charge in [0, 0.05) is 40.6 Å². The maximum Gasteiger partial charge on any atom is 0.0664 e. The molecule has 2 aliphatic carbocycles. The highest BCUT2D eigenvalue weighted by molar-refractivity contribution is 5.95. The molecule has 0 N–H and O–H groups in total. The second-order valence-electron chi connectivity index (χ2n) is 14.2. The monoisotopic (exact) mass is 620 g/mol. The number of likely N-dealkylation sites (N-methyl/N-ethyl adjacent to an activating group) is 1. The molecule has 0 bridgehead atoms. The van der Waals surface area contributed by atoms with Crippen molar-refractivity contribution in [1.82, 2.24) is 0 Å². The van der Waals surface area contributed by atoms with Crippen molar-refractivity contribution < 1.29 is 0 Å². The summed E-state index contributed by atoms with van der Waals surface area (Å²) in [5.74, 6) is 0.276. The van der Waals surface area contributed by atoms with Crippen molar-refractivity contribution in [2.75, 3.05) is 16.3 Å². The largest absolute Gasteiger partial charge is 0.362 e.